The van der Waals surface area contributed by atoms with E-state index in [1.165, 1.54) is 0 Å². The largest absolute Gasteiger partial charge is 0.394 e. The number of nitrogens with zero attached hydrogens (tertiary/aromatic N) is 3. The van der Waals surface area contributed by atoms with Crippen molar-refractivity contribution in [3.05, 3.63) is 47.2 Å². The van der Waals surface area contributed by atoms with Gasteiger partial charge in [0.1, 0.15) is 4.83 Å². The molecular formula is C21H24N4O2S2. The molecule has 0 amide bonds. The Balaban J connectivity index is 1.71. The summed E-state index contributed by atoms with van der Waals surface area (Å²) in [5.74, 6) is 4.51. The first-order chi connectivity index (χ1) is 13.8. The molecule has 0 bridgehead atoms. The molecule has 6 nitrogen and oxygen atoms in total. The van der Waals surface area contributed by atoms with E-state index in [9.17, 15) is 9.32 Å². The lowest BCUT2D eigenvalue weighted by molar-refractivity contribution is 0.272. The first kappa shape index (κ1) is 19.9. The van der Waals surface area contributed by atoms with Gasteiger partial charge in [-0.1, -0.05) is 12.1 Å². The highest BCUT2D eigenvalue weighted by atomic mass is 32.2. The Hall–Kier alpha value is -2.42. The SMILES string of the molecule is C=S(C)(=O)c1ccc(CNc2nn(CCO)c3c2sc2nc(C)cc(C)c23)cc1. The zero-order chi connectivity index (χ0) is 20.8. The molecule has 0 saturated carbocycles. The molecule has 4 aromatic rings. The molecule has 29 heavy (non-hydrogen) atoms. The van der Waals surface area contributed by atoms with Crippen LogP contribution in [-0.4, -0.2) is 42.8 Å². The Morgan fingerprint density at radius 1 is 1.28 bits per heavy atom. The molecule has 152 valence electrons. The second kappa shape index (κ2) is 7.44. The number of aliphatic hydroxyl groups excluding tert-OH is 1. The second-order valence-corrected chi connectivity index (χ2v) is 10.8. The number of aryl methyl sites for hydroxylation is 2. The first-order valence-corrected chi connectivity index (χ1v) is 12.3. The average Bonchev–Trinajstić information content (AvgIpc) is 3.17. The Morgan fingerprint density at radius 3 is 2.66 bits per heavy atom. The third-order valence-electron chi connectivity index (χ3n) is 4.85. The fourth-order valence-electron chi connectivity index (χ4n) is 3.50. The highest BCUT2D eigenvalue weighted by Gasteiger charge is 2.19. The first-order valence-electron chi connectivity index (χ1n) is 9.31. The van der Waals surface area contributed by atoms with Crippen LogP contribution in [0.4, 0.5) is 5.82 Å². The quantitative estimate of drug-likeness (QED) is 0.459. The van der Waals surface area contributed by atoms with Crippen molar-refractivity contribution in [3.8, 4) is 0 Å². The van der Waals surface area contributed by atoms with E-state index in [4.69, 9.17) is 10.1 Å². The normalized spacial score (nSPS) is 13.8. The maximum atomic E-state index is 12.1. The van der Waals surface area contributed by atoms with Gasteiger partial charge in [0.2, 0.25) is 0 Å². The average molecular weight is 429 g/mol. The number of hydrogen-bond donors (Lipinski definition) is 2. The van der Waals surface area contributed by atoms with Crippen molar-refractivity contribution in [2.24, 2.45) is 0 Å². The highest BCUT2D eigenvalue weighted by Crippen LogP contribution is 2.39. The van der Waals surface area contributed by atoms with Crippen LogP contribution in [0.5, 0.6) is 0 Å². The molecule has 0 aliphatic heterocycles. The van der Waals surface area contributed by atoms with Gasteiger partial charge in [-0.25, -0.2) is 4.98 Å². The number of aliphatic hydroxyl groups is 1. The Kier molecular flexibility index (Phi) is 5.10. The van der Waals surface area contributed by atoms with Gasteiger partial charge in [0.05, 0.1) is 23.4 Å². The third-order valence-corrected chi connectivity index (χ3v) is 7.20. The van der Waals surface area contributed by atoms with Crippen molar-refractivity contribution in [1.29, 1.82) is 0 Å². The molecule has 0 fully saturated rings. The number of hydrogen-bond acceptors (Lipinski definition) is 6. The molecule has 4 rings (SSSR count). The molecule has 1 atom stereocenters. The minimum atomic E-state index is -2.21. The predicted octanol–water partition coefficient (Wildman–Crippen LogP) is 3.57. The number of fused-ring (bicyclic) bond motifs is 3. The number of rotatable bonds is 6. The Labute approximate surface area is 174 Å². The van der Waals surface area contributed by atoms with E-state index in [0.717, 1.165) is 48.0 Å². The van der Waals surface area contributed by atoms with Crippen molar-refractivity contribution in [1.82, 2.24) is 14.8 Å². The van der Waals surface area contributed by atoms with E-state index in [1.807, 2.05) is 35.9 Å². The van der Waals surface area contributed by atoms with Crippen LogP contribution < -0.4 is 5.32 Å². The van der Waals surface area contributed by atoms with Crippen LogP contribution in [0, 0.1) is 13.8 Å². The zero-order valence-electron chi connectivity index (χ0n) is 16.7. The number of benzene rings is 1. The lowest BCUT2D eigenvalue weighted by Gasteiger charge is -2.07. The maximum Gasteiger partial charge on any atom is 0.166 e. The summed E-state index contributed by atoms with van der Waals surface area (Å²) in [4.78, 5) is 6.43. The van der Waals surface area contributed by atoms with Crippen molar-refractivity contribution >= 4 is 53.0 Å². The van der Waals surface area contributed by atoms with E-state index < -0.39 is 9.52 Å². The van der Waals surface area contributed by atoms with Gasteiger partial charge in [0.25, 0.3) is 0 Å². The minimum Gasteiger partial charge on any atom is -0.394 e. The summed E-state index contributed by atoms with van der Waals surface area (Å²) in [7, 11) is -2.21. The standard InChI is InChI=1S/C21H24N4O2S2/c1-13-11-14(2)23-21-17(13)18-19(28-21)20(24-25(18)9-10-26)22-12-15-5-7-16(8-6-15)29(3,4)27/h5-8,11,26H,3,9-10,12H2,1-2,4H3,(H,22,24). The molecule has 0 radical (unpaired) electrons. The zero-order valence-corrected chi connectivity index (χ0v) is 18.4. The highest BCUT2D eigenvalue weighted by molar-refractivity contribution is 7.99. The third kappa shape index (κ3) is 3.75. The lowest BCUT2D eigenvalue weighted by Crippen LogP contribution is -2.06. The summed E-state index contributed by atoms with van der Waals surface area (Å²) in [6, 6.07) is 9.72. The van der Waals surface area contributed by atoms with E-state index in [2.05, 4.69) is 24.2 Å². The number of nitrogens with one attached hydrogen (secondary N) is 1. The van der Waals surface area contributed by atoms with Gasteiger partial charge < -0.3 is 10.4 Å². The van der Waals surface area contributed by atoms with Gasteiger partial charge in [0.15, 0.2) is 5.82 Å². The number of anilines is 1. The molecule has 0 aliphatic rings. The van der Waals surface area contributed by atoms with Gasteiger partial charge in [-0.05, 0) is 58.6 Å². The van der Waals surface area contributed by atoms with E-state index in [-0.39, 0.29) is 6.61 Å². The lowest BCUT2D eigenvalue weighted by atomic mass is 10.1. The topological polar surface area (TPSA) is 80.0 Å². The number of thiophene rings is 1. The van der Waals surface area contributed by atoms with Gasteiger partial charge in [0, 0.05) is 28.8 Å². The summed E-state index contributed by atoms with van der Waals surface area (Å²) >= 11 is 1.62. The van der Waals surface area contributed by atoms with Crippen LogP contribution in [0.15, 0.2) is 35.2 Å². The molecule has 0 aliphatic carbocycles. The van der Waals surface area contributed by atoms with Crippen LogP contribution >= 0.6 is 11.3 Å². The fourth-order valence-corrected chi connectivity index (χ4v) is 5.47. The van der Waals surface area contributed by atoms with Gasteiger partial charge in [-0.15, -0.1) is 11.3 Å². The maximum absolute atomic E-state index is 12.1. The van der Waals surface area contributed by atoms with E-state index >= 15 is 0 Å². The second-order valence-electron chi connectivity index (χ2n) is 7.34. The Morgan fingerprint density at radius 2 is 2.00 bits per heavy atom. The molecule has 1 aromatic carbocycles. The summed E-state index contributed by atoms with van der Waals surface area (Å²) in [5.41, 5.74) is 4.24. The van der Waals surface area contributed by atoms with Gasteiger partial charge >= 0.3 is 0 Å². The predicted molar refractivity (Wildman–Crippen MR) is 123 cm³/mol. The Bertz CT molecular complexity index is 1300. The molecule has 8 heteroatoms. The van der Waals surface area contributed by atoms with Crippen molar-refractivity contribution in [3.63, 3.8) is 0 Å². The number of pyridine rings is 1. The van der Waals surface area contributed by atoms with Crippen LogP contribution in [0.2, 0.25) is 0 Å². The smallest absolute Gasteiger partial charge is 0.166 e. The summed E-state index contributed by atoms with van der Waals surface area (Å²) in [6.07, 6.45) is 1.64. The summed E-state index contributed by atoms with van der Waals surface area (Å²) in [6.45, 7) is 5.13. The van der Waals surface area contributed by atoms with E-state index in [1.54, 1.807) is 17.6 Å². The van der Waals surface area contributed by atoms with Gasteiger partial charge in [-0.2, -0.15) is 5.10 Å². The monoisotopic (exact) mass is 428 g/mol. The molecule has 3 aromatic heterocycles. The van der Waals surface area contributed by atoms with E-state index in [0.29, 0.717) is 13.1 Å². The molecule has 0 saturated heterocycles. The van der Waals surface area contributed by atoms with Crippen LogP contribution in [-0.2, 0) is 22.6 Å². The fraction of sp³-hybridized carbons (Fsp3) is 0.286. The molecular weight excluding hydrogens is 404 g/mol. The van der Waals surface area contributed by atoms with Crippen LogP contribution in [0.3, 0.4) is 0 Å². The van der Waals surface area contributed by atoms with Crippen LogP contribution in [0.25, 0.3) is 20.4 Å². The molecule has 0 spiro atoms. The van der Waals surface area contributed by atoms with Crippen molar-refractivity contribution in [2.75, 3.05) is 18.2 Å². The van der Waals surface area contributed by atoms with Crippen molar-refractivity contribution < 1.29 is 9.32 Å². The number of aromatic nitrogens is 3. The van der Waals surface area contributed by atoms with Crippen LogP contribution in [0.1, 0.15) is 16.8 Å². The summed E-state index contributed by atoms with van der Waals surface area (Å²) < 4.78 is 15.0. The molecule has 1 unspecified atom stereocenters. The molecule has 2 N–H and O–H groups in total. The van der Waals surface area contributed by atoms with Gasteiger partial charge in [-0.3, -0.25) is 8.89 Å². The molecule has 3 heterocycles. The summed E-state index contributed by atoms with van der Waals surface area (Å²) in [5, 5.41) is 18.7. The van der Waals surface area contributed by atoms with Crippen molar-refractivity contribution in [2.45, 2.75) is 31.8 Å². The minimum absolute atomic E-state index is 0.0225.